The van der Waals surface area contributed by atoms with Gasteiger partial charge in [-0.3, -0.25) is 10.1 Å². The normalized spacial score (nSPS) is 10.7. The molecule has 6 nitrogen and oxygen atoms in total. The first-order chi connectivity index (χ1) is 14.0. The van der Waals surface area contributed by atoms with Gasteiger partial charge in [0, 0.05) is 29.8 Å². The summed E-state index contributed by atoms with van der Waals surface area (Å²) >= 11 is 6.43. The van der Waals surface area contributed by atoms with E-state index in [1.54, 1.807) is 25.3 Å². The number of hydrogen-bond acceptors (Lipinski definition) is 5. The molecule has 0 aliphatic carbocycles. The molecular weight excluding hydrogens is 392 g/mol. The Morgan fingerprint density at radius 3 is 2.45 bits per heavy atom. The van der Waals surface area contributed by atoms with Gasteiger partial charge in [0.15, 0.2) is 11.5 Å². The molecule has 158 valence electrons. The first kappa shape index (κ1) is 23.0. The molecule has 0 spiro atoms. The molecular formula is C22H29ClN2O4. The van der Waals surface area contributed by atoms with Crippen LogP contribution in [-0.2, 0) is 13.2 Å². The van der Waals surface area contributed by atoms with Gasteiger partial charge in [-0.05, 0) is 42.3 Å². The Balaban J connectivity index is 1.90. The summed E-state index contributed by atoms with van der Waals surface area (Å²) in [6.45, 7) is 4.11. The van der Waals surface area contributed by atoms with Gasteiger partial charge in [0.25, 0.3) is 5.69 Å². The zero-order chi connectivity index (χ0) is 21.1. The summed E-state index contributed by atoms with van der Waals surface area (Å²) in [6, 6.07) is 9.90. The van der Waals surface area contributed by atoms with Crippen molar-refractivity contribution in [2.75, 3.05) is 13.7 Å². The lowest BCUT2D eigenvalue weighted by Crippen LogP contribution is -2.15. The van der Waals surface area contributed by atoms with Crippen molar-refractivity contribution in [2.24, 2.45) is 0 Å². The second-order valence-corrected chi connectivity index (χ2v) is 7.30. The Labute approximate surface area is 177 Å². The van der Waals surface area contributed by atoms with E-state index in [0.717, 1.165) is 24.1 Å². The summed E-state index contributed by atoms with van der Waals surface area (Å²) in [6.07, 6.45) is 6.23. The van der Waals surface area contributed by atoms with E-state index in [4.69, 9.17) is 21.1 Å². The van der Waals surface area contributed by atoms with Crippen LogP contribution in [0.25, 0.3) is 0 Å². The molecule has 0 amide bonds. The molecule has 0 saturated heterocycles. The molecule has 0 heterocycles. The van der Waals surface area contributed by atoms with E-state index in [1.165, 1.54) is 37.8 Å². The molecule has 2 rings (SSSR count). The number of ether oxygens (including phenoxy) is 2. The van der Waals surface area contributed by atoms with Crippen LogP contribution in [0.1, 0.15) is 50.2 Å². The van der Waals surface area contributed by atoms with E-state index in [1.807, 2.05) is 6.07 Å². The molecule has 0 saturated carbocycles. The monoisotopic (exact) mass is 420 g/mol. The summed E-state index contributed by atoms with van der Waals surface area (Å²) in [7, 11) is 1.59. The van der Waals surface area contributed by atoms with Gasteiger partial charge in [-0.15, -0.1) is 0 Å². The van der Waals surface area contributed by atoms with Gasteiger partial charge in [-0.2, -0.15) is 0 Å². The van der Waals surface area contributed by atoms with E-state index in [2.05, 4.69) is 12.2 Å². The van der Waals surface area contributed by atoms with Gasteiger partial charge in [0.1, 0.15) is 6.61 Å². The fraction of sp³-hybridized carbons (Fsp3) is 0.455. The molecule has 7 heteroatoms. The second-order valence-electron chi connectivity index (χ2n) is 6.90. The molecule has 29 heavy (non-hydrogen) atoms. The number of benzene rings is 2. The Bertz CT molecular complexity index is 781. The van der Waals surface area contributed by atoms with Gasteiger partial charge in [0.2, 0.25) is 0 Å². The predicted octanol–water partition coefficient (Wildman–Crippen LogP) is 5.90. The zero-order valence-corrected chi connectivity index (χ0v) is 17.8. The third-order valence-corrected chi connectivity index (χ3v) is 5.00. The molecule has 0 unspecified atom stereocenters. The Kier molecular flexibility index (Phi) is 9.74. The van der Waals surface area contributed by atoms with Gasteiger partial charge < -0.3 is 14.8 Å². The topological polar surface area (TPSA) is 73.6 Å². The first-order valence-electron chi connectivity index (χ1n) is 9.98. The highest BCUT2D eigenvalue weighted by Crippen LogP contribution is 2.34. The lowest BCUT2D eigenvalue weighted by molar-refractivity contribution is -0.384. The summed E-state index contributed by atoms with van der Waals surface area (Å²) in [4.78, 5) is 10.3. The predicted molar refractivity (Wildman–Crippen MR) is 116 cm³/mol. The van der Waals surface area contributed by atoms with Gasteiger partial charge in [0.05, 0.1) is 12.0 Å². The molecule has 2 aromatic rings. The van der Waals surface area contributed by atoms with Crippen LogP contribution >= 0.6 is 11.6 Å². The van der Waals surface area contributed by atoms with Crippen molar-refractivity contribution >= 4 is 17.3 Å². The molecule has 0 fully saturated rings. The number of nitrogens with zero attached hydrogens (tertiary/aromatic N) is 1. The maximum absolute atomic E-state index is 10.7. The van der Waals surface area contributed by atoms with E-state index >= 15 is 0 Å². The Morgan fingerprint density at radius 1 is 1.07 bits per heavy atom. The number of nitro benzene ring substituents is 1. The van der Waals surface area contributed by atoms with Gasteiger partial charge in [-0.1, -0.05) is 44.2 Å². The van der Waals surface area contributed by atoms with E-state index in [0.29, 0.717) is 23.1 Å². The van der Waals surface area contributed by atoms with Crippen LogP contribution in [0.5, 0.6) is 11.5 Å². The minimum Gasteiger partial charge on any atom is -0.493 e. The number of rotatable bonds is 13. The number of unbranched alkanes of at least 4 members (excludes halogenated alkanes) is 4. The van der Waals surface area contributed by atoms with Crippen molar-refractivity contribution in [1.82, 2.24) is 5.32 Å². The number of nitrogens with one attached hydrogen (secondary N) is 1. The summed E-state index contributed by atoms with van der Waals surface area (Å²) < 4.78 is 11.3. The third kappa shape index (κ3) is 7.55. The van der Waals surface area contributed by atoms with Crippen molar-refractivity contribution in [3.63, 3.8) is 0 Å². The van der Waals surface area contributed by atoms with Crippen LogP contribution in [0.4, 0.5) is 5.69 Å². The first-order valence-corrected chi connectivity index (χ1v) is 10.4. The minimum absolute atomic E-state index is 0.0524. The smallest absolute Gasteiger partial charge is 0.269 e. The molecule has 0 bridgehead atoms. The highest BCUT2D eigenvalue weighted by molar-refractivity contribution is 6.31. The van der Waals surface area contributed by atoms with Crippen molar-refractivity contribution in [3.05, 3.63) is 62.7 Å². The molecule has 0 aliphatic rings. The zero-order valence-electron chi connectivity index (χ0n) is 17.1. The lowest BCUT2D eigenvalue weighted by atomic mass is 10.1. The highest BCUT2D eigenvalue weighted by Gasteiger charge is 2.11. The maximum Gasteiger partial charge on any atom is 0.269 e. The lowest BCUT2D eigenvalue weighted by Gasteiger charge is -2.14. The Hall–Kier alpha value is -2.31. The van der Waals surface area contributed by atoms with Crippen LogP contribution in [0.15, 0.2) is 36.4 Å². The van der Waals surface area contributed by atoms with Crippen molar-refractivity contribution in [3.8, 4) is 11.5 Å². The maximum atomic E-state index is 10.7. The van der Waals surface area contributed by atoms with Gasteiger partial charge >= 0.3 is 0 Å². The van der Waals surface area contributed by atoms with E-state index < -0.39 is 4.92 Å². The SMILES string of the molecule is CCCCCCCNCc1cc(OC)c(OCc2ccc([N+](=O)[O-])cc2)cc1Cl. The molecule has 0 atom stereocenters. The number of hydrogen-bond donors (Lipinski definition) is 1. The van der Waals surface area contributed by atoms with E-state index in [-0.39, 0.29) is 12.3 Å². The number of nitro groups is 1. The number of methoxy groups -OCH3 is 1. The van der Waals surface area contributed by atoms with Gasteiger partial charge in [-0.25, -0.2) is 0 Å². The molecule has 1 N–H and O–H groups in total. The van der Waals surface area contributed by atoms with Crippen molar-refractivity contribution in [1.29, 1.82) is 0 Å². The Morgan fingerprint density at radius 2 is 1.79 bits per heavy atom. The minimum atomic E-state index is -0.425. The summed E-state index contributed by atoms with van der Waals surface area (Å²) in [5.74, 6) is 1.15. The largest absolute Gasteiger partial charge is 0.493 e. The third-order valence-electron chi connectivity index (χ3n) is 4.65. The molecule has 0 aliphatic heterocycles. The van der Waals surface area contributed by atoms with Crippen LogP contribution in [0, 0.1) is 10.1 Å². The van der Waals surface area contributed by atoms with Crippen molar-refractivity contribution < 1.29 is 14.4 Å². The van der Waals surface area contributed by atoms with Crippen LogP contribution in [0.2, 0.25) is 5.02 Å². The van der Waals surface area contributed by atoms with Crippen LogP contribution < -0.4 is 14.8 Å². The summed E-state index contributed by atoms with van der Waals surface area (Å²) in [5.41, 5.74) is 1.83. The molecule has 0 aromatic heterocycles. The number of halogens is 1. The van der Waals surface area contributed by atoms with Crippen LogP contribution in [-0.4, -0.2) is 18.6 Å². The number of non-ortho nitro benzene ring substituents is 1. The second kappa shape index (κ2) is 12.3. The van der Waals surface area contributed by atoms with E-state index in [9.17, 15) is 10.1 Å². The fourth-order valence-corrected chi connectivity index (χ4v) is 3.16. The standard InChI is InChI=1S/C22H29ClN2O4/c1-3-4-5-6-7-12-24-15-18-13-21(28-2)22(14-20(18)23)29-16-17-8-10-19(11-9-17)25(26)27/h8-11,13-14,24H,3-7,12,15-16H2,1-2H3. The highest BCUT2D eigenvalue weighted by atomic mass is 35.5. The average molecular weight is 421 g/mol. The van der Waals surface area contributed by atoms with Crippen LogP contribution in [0.3, 0.4) is 0 Å². The fourth-order valence-electron chi connectivity index (χ4n) is 2.94. The van der Waals surface area contributed by atoms with Crippen molar-refractivity contribution in [2.45, 2.75) is 52.2 Å². The molecule has 0 radical (unpaired) electrons. The summed E-state index contributed by atoms with van der Waals surface area (Å²) in [5, 5.41) is 14.8. The molecule has 2 aromatic carbocycles. The quantitative estimate of drug-likeness (QED) is 0.248. The average Bonchev–Trinajstić information content (AvgIpc) is 2.72.